The number of sulfonamides is 1. The molecule has 0 radical (unpaired) electrons. The Morgan fingerprint density at radius 3 is 2.96 bits per heavy atom. The van der Waals surface area contributed by atoms with Gasteiger partial charge in [0.05, 0.1) is 15.1 Å². The summed E-state index contributed by atoms with van der Waals surface area (Å²) in [4.78, 5) is 6.90. The van der Waals surface area contributed by atoms with E-state index in [1.165, 1.54) is 4.70 Å². The largest absolute Gasteiger partial charge is 0.367 e. The van der Waals surface area contributed by atoms with Crippen molar-refractivity contribution in [2.24, 2.45) is 5.14 Å². The highest BCUT2D eigenvalue weighted by Gasteiger charge is 2.21. The molecule has 1 aliphatic rings. The third-order valence-electron chi connectivity index (χ3n) is 4.10. The summed E-state index contributed by atoms with van der Waals surface area (Å²) in [5, 5.41) is 7.25. The molecule has 0 unspecified atom stereocenters. The molecule has 5 nitrogen and oxygen atoms in total. The molecule has 2 N–H and O–H groups in total. The minimum Gasteiger partial charge on any atom is -0.367 e. The molecule has 0 aliphatic carbocycles. The van der Waals surface area contributed by atoms with Crippen molar-refractivity contribution in [3.05, 3.63) is 53.0 Å². The van der Waals surface area contributed by atoms with E-state index in [4.69, 9.17) is 5.14 Å². The maximum Gasteiger partial charge on any atom is 0.238 e. The number of nitrogens with zero attached hydrogens (tertiary/aromatic N) is 2. The first-order chi connectivity index (χ1) is 11.0. The number of rotatable bonds is 3. The number of hydrogen-bond acceptors (Lipinski definition) is 5. The summed E-state index contributed by atoms with van der Waals surface area (Å²) in [7, 11) is -3.65. The number of anilines is 1. The van der Waals surface area contributed by atoms with E-state index in [0.29, 0.717) is 0 Å². The number of primary sulfonamides is 1. The van der Waals surface area contributed by atoms with Crippen molar-refractivity contribution in [1.29, 1.82) is 0 Å². The van der Waals surface area contributed by atoms with Crippen LogP contribution in [0.5, 0.6) is 0 Å². The summed E-state index contributed by atoms with van der Waals surface area (Å²) in [6.45, 7) is 1.63. The van der Waals surface area contributed by atoms with E-state index < -0.39 is 10.0 Å². The van der Waals surface area contributed by atoms with Gasteiger partial charge in [0.25, 0.3) is 0 Å². The molecule has 118 valence electrons. The van der Waals surface area contributed by atoms with E-state index in [1.54, 1.807) is 23.5 Å². The second-order valence-corrected chi connectivity index (χ2v) is 8.16. The smallest absolute Gasteiger partial charge is 0.238 e. The van der Waals surface area contributed by atoms with Crippen LogP contribution >= 0.6 is 11.3 Å². The molecule has 0 bridgehead atoms. The van der Waals surface area contributed by atoms with Gasteiger partial charge in [-0.3, -0.25) is 4.98 Å². The predicted molar refractivity (Wildman–Crippen MR) is 92.2 cm³/mol. The summed E-state index contributed by atoms with van der Waals surface area (Å²) in [6, 6.07) is 9.30. The van der Waals surface area contributed by atoms with Crippen molar-refractivity contribution in [3.63, 3.8) is 0 Å². The second kappa shape index (κ2) is 5.30. The van der Waals surface area contributed by atoms with Gasteiger partial charge < -0.3 is 4.90 Å². The van der Waals surface area contributed by atoms with Crippen LogP contribution in [-0.4, -0.2) is 19.9 Å². The van der Waals surface area contributed by atoms with Gasteiger partial charge in [0.2, 0.25) is 10.0 Å². The van der Waals surface area contributed by atoms with Gasteiger partial charge in [-0.2, -0.15) is 0 Å². The van der Waals surface area contributed by atoms with Crippen molar-refractivity contribution < 1.29 is 8.42 Å². The van der Waals surface area contributed by atoms with Crippen molar-refractivity contribution in [2.45, 2.75) is 17.9 Å². The first kappa shape index (κ1) is 14.6. The molecule has 3 aromatic rings. The molecule has 23 heavy (non-hydrogen) atoms. The van der Waals surface area contributed by atoms with Gasteiger partial charge in [-0.25, -0.2) is 13.6 Å². The Kier molecular flexibility index (Phi) is 3.37. The van der Waals surface area contributed by atoms with Crippen molar-refractivity contribution in [1.82, 2.24) is 4.98 Å². The number of fused-ring (bicyclic) bond motifs is 2. The van der Waals surface area contributed by atoms with Crippen LogP contribution in [0.25, 0.3) is 10.2 Å². The molecule has 0 amide bonds. The third-order valence-corrected chi connectivity index (χ3v) is 5.87. The third kappa shape index (κ3) is 2.71. The Morgan fingerprint density at radius 1 is 1.26 bits per heavy atom. The van der Waals surface area contributed by atoms with Crippen LogP contribution in [0.4, 0.5) is 5.69 Å². The van der Waals surface area contributed by atoms with Gasteiger partial charge >= 0.3 is 0 Å². The minimum absolute atomic E-state index is 0.180. The molecule has 0 atom stereocenters. The Labute approximate surface area is 138 Å². The van der Waals surface area contributed by atoms with Crippen LogP contribution in [0.3, 0.4) is 0 Å². The first-order valence-electron chi connectivity index (χ1n) is 7.23. The SMILES string of the molecule is NS(=O)(=O)c1ccc2c(c1)CCN2Cc1cnc2ccsc2c1. The molecular formula is C16H15N3O2S2. The number of pyridine rings is 1. The highest BCUT2D eigenvalue weighted by molar-refractivity contribution is 7.89. The van der Waals surface area contributed by atoms with Crippen molar-refractivity contribution >= 4 is 37.3 Å². The van der Waals surface area contributed by atoms with Crippen molar-refractivity contribution in [3.8, 4) is 0 Å². The van der Waals surface area contributed by atoms with E-state index in [0.717, 1.165) is 41.8 Å². The van der Waals surface area contributed by atoms with Crippen LogP contribution < -0.4 is 10.0 Å². The predicted octanol–water partition coefficient (Wildman–Crippen LogP) is 2.51. The number of hydrogen-bond donors (Lipinski definition) is 1. The Morgan fingerprint density at radius 2 is 2.13 bits per heavy atom. The number of benzene rings is 1. The molecule has 0 saturated heterocycles. The molecule has 1 aromatic carbocycles. The van der Waals surface area contributed by atoms with Gasteiger partial charge in [0.15, 0.2) is 0 Å². The van der Waals surface area contributed by atoms with Crippen LogP contribution in [0.1, 0.15) is 11.1 Å². The quantitative estimate of drug-likeness (QED) is 0.791. The Hall–Kier alpha value is -1.96. The van der Waals surface area contributed by atoms with E-state index in [-0.39, 0.29) is 4.90 Å². The Balaban J connectivity index is 1.63. The topological polar surface area (TPSA) is 76.3 Å². The zero-order valence-electron chi connectivity index (χ0n) is 12.3. The van der Waals surface area contributed by atoms with E-state index >= 15 is 0 Å². The van der Waals surface area contributed by atoms with Crippen LogP contribution in [0.2, 0.25) is 0 Å². The van der Waals surface area contributed by atoms with E-state index in [1.807, 2.05) is 23.7 Å². The average molecular weight is 345 g/mol. The molecule has 2 aromatic heterocycles. The maximum atomic E-state index is 11.5. The monoisotopic (exact) mass is 345 g/mol. The number of aromatic nitrogens is 1. The van der Waals surface area contributed by atoms with Crippen LogP contribution in [-0.2, 0) is 23.0 Å². The fourth-order valence-electron chi connectivity index (χ4n) is 2.98. The standard InChI is InChI=1S/C16H15N3O2S2/c17-23(20,21)13-1-2-15-12(8-13)3-5-19(15)10-11-7-16-14(18-9-11)4-6-22-16/h1-2,4,6-9H,3,5,10H2,(H2,17,20,21). The molecule has 0 spiro atoms. The molecule has 1 aliphatic heterocycles. The highest BCUT2D eigenvalue weighted by Crippen LogP contribution is 2.31. The molecule has 7 heteroatoms. The van der Waals surface area contributed by atoms with Gasteiger partial charge in [-0.1, -0.05) is 0 Å². The zero-order valence-corrected chi connectivity index (χ0v) is 13.9. The molecule has 0 fully saturated rings. The molecular weight excluding hydrogens is 330 g/mol. The van der Waals surface area contributed by atoms with Gasteiger partial charge in [0, 0.05) is 25.0 Å². The fourth-order valence-corrected chi connectivity index (χ4v) is 4.35. The zero-order chi connectivity index (χ0) is 16.0. The lowest BCUT2D eigenvalue weighted by Gasteiger charge is -2.19. The first-order valence-corrected chi connectivity index (χ1v) is 9.66. The van der Waals surface area contributed by atoms with Gasteiger partial charge in [-0.05, 0) is 53.3 Å². The second-order valence-electron chi connectivity index (χ2n) is 5.65. The summed E-state index contributed by atoms with van der Waals surface area (Å²) in [5.74, 6) is 0. The summed E-state index contributed by atoms with van der Waals surface area (Å²) in [5.41, 5.74) is 4.28. The lowest BCUT2D eigenvalue weighted by molar-refractivity contribution is 0.597. The van der Waals surface area contributed by atoms with Crippen molar-refractivity contribution in [2.75, 3.05) is 11.4 Å². The fraction of sp³-hybridized carbons (Fsp3) is 0.188. The minimum atomic E-state index is -3.65. The normalized spacial score (nSPS) is 14.4. The molecule has 3 heterocycles. The Bertz CT molecular complexity index is 995. The number of nitrogens with two attached hydrogens (primary N) is 1. The summed E-state index contributed by atoms with van der Waals surface area (Å²) >= 11 is 1.69. The van der Waals surface area contributed by atoms with E-state index in [9.17, 15) is 8.42 Å². The lowest BCUT2D eigenvalue weighted by atomic mass is 10.2. The number of thiophene rings is 1. The lowest BCUT2D eigenvalue weighted by Crippen LogP contribution is -2.19. The maximum absolute atomic E-state index is 11.5. The van der Waals surface area contributed by atoms with E-state index in [2.05, 4.69) is 16.0 Å². The van der Waals surface area contributed by atoms with Gasteiger partial charge in [0.1, 0.15) is 0 Å². The molecule has 4 rings (SSSR count). The summed E-state index contributed by atoms with van der Waals surface area (Å²) < 4.78 is 24.1. The van der Waals surface area contributed by atoms with Gasteiger partial charge in [-0.15, -0.1) is 11.3 Å². The average Bonchev–Trinajstić information content (AvgIpc) is 3.12. The summed E-state index contributed by atoms with van der Waals surface area (Å²) in [6.07, 6.45) is 2.74. The highest BCUT2D eigenvalue weighted by atomic mass is 32.2. The van der Waals surface area contributed by atoms with Crippen LogP contribution in [0, 0.1) is 0 Å². The molecule has 0 saturated carbocycles. The van der Waals surface area contributed by atoms with Crippen LogP contribution in [0.15, 0.2) is 46.8 Å².